The average molecular weight is 494 g/mol. The molecule has 0 aromatic heterocycles. The highest BCUT2D eigenvalue weighted by molar-refractivity contribution is 7.92. The van der Waals surface area contributed by atoms with Gasteiger partial charge in [0.15, 0.2) is 0 Å². The lowest BCUT2D eigenvalue weighted by Gasteiger charge is -2.25. The maximum absolute atomic E-state index is 13.3. The van der Waals surface area contributed by atoms with E-state index < -0.39 is 27.3 Å². The zero-order valence-electron chi connectivity index (χ0n) is 18.5. The van der Waals surface area contributed by atoms with Crippen molar-refractivity contribution in [1.82, 2.24) is 0 Å². The molecule has 34 heavy (non-hydrogen) atoms. The number of halogens is 3. The van der Waals surface area contributed by atoms with Gasteiger partial charge in [0, 0.05) is 0 Å². The molecule has 0 saturated carbocycles. The third-order valence-electron chi connectivity index (χ3n) is 4.94. The van der Waals surface area contributed by atoms with Crippen LogP contribution in [0.25, 0.3) is 11.1 Å². The summed E-state index contributed by atoms with van der Waals surface area (Å²) in [5, 5.41) is 0. The fourth-order valence-corrected chi connectivity index (χ4v) is 4.60. The predicted molar refractivity (Wildman–Crippen MR) is 121 cm³/mol. The van der Waals surface area contributed by atoms with E-state index >= 15 is 0 Å². The normalized spacial score (nSPS) is 12.0. The number of benzene rings is 3. The molecule has 10 heteroatoms. The number of anilines is 1. The van der Waals surface area contributed by atoms with Crippen LogP contribution in [0.2, 0.25) is 0 Å². The number of hydrogen-bond acceptors (Lipinski definition) is 5. The van der Waals surface area contributed by atoms with Crippen LogP contribution in [0.1, 0.15) is 35.7 Å². The van der Waals surface area contributed by atoms with Crippen molar-refractivity contribution >= 4 is 21.7 Å². The molecular weight excluding hydrogens is 471 g/mol. The molecule has 0 atom stereocenters. The lowest BCUT2D eigenvalue weighted by Crippen LogP contribution is -2.37. The van der Waals surface area contributed by atoms with E-state index in [1.54, 1.807) is 38.1 Å². The second kappa shape index (κ2) is 9.86. The SMILES string of the molecule is COC(=O)c1cc(S(=O)(=O)N(OC(F)(F)F)c2ccc(-c3ccccc3)cc2)ccc1C(C)C. The van der Waals surface area contributed by atoms with Crippen molar-refractivity contribution in [2.45, 2.75) is 31.0 Å². The van der Waals surface area contributed by atoms with Crippen LogP contribution in [-0.2, 0) is 19.6 Å². The molecule has 0 fully saturated rings. The molecule has 180 valence electrons. The molecule has 0 bridgehead atoms. The van der Waals surface area contributed by atoms with E-state index in [0.717, 1.165) is 24.8 Å². The summed E-state index contributed by atoms with van der Waals surface area (Å²) >= 11 is 0. The summed E-state index contributed by atoms with van der Waals surface area (Å²) in [7, 11) is -3.76. The molecule has 0 aliphatic rings. The van der Waals surface area contributed by atoms with Crippen LogP contribution >= 0.6 is 0 Å². The number of carbonyl (C=O) groups excluding carboxylic acids is 1. The highest BCUT2D eigenvalue weighted by Crippen LogP contribution is 2.33. The number of esters is 1. The Morgan fingerprint density at radius 3 is 2.03 bits per heavy atom. The summed E-state index contributed by atoms with van der Waals surface area (Å²) in [5.74, 6) is -0.977. The van der Waals surface area contributed by atoms with Crippen LogP contribution in [0.5, 0.6) is 0 Å². The van der Waals surface area contributed by atoms with Gasteiger partial charge in [0.05, 0.1) is 23.3 Å². The monoisotopic (exact) mass is 493 g/mol. The minimum Gasteiger partial charge on any atom is -0.465 e. The first-order valence-electron chi connectivity index (χ1n) is 10.1. The van der Waals surface area contributed by atoms with Crippen molar-refractivity contribution in [1.29, 1.82) is 0 Å². The number of sulfonamides is 1. The molecule has 0 unspecified atom stereocenters. The number of methoxy groups -OCH3 is 1. The number of hydrogen-bond donors (Lipinski definition) is 0. The van der Waals surface area contributed by atoms with E-state index in [1.807, 2.05) is 6.07 Å². The zero-order chi connectivity index (χ0) is 25.1. The number of rotatable bonds is 7. The standard InChI is InChI=1S/C24H22F3NO5S/c1-16(2)21-14-13-20(15-22(21)23(29)32-3)34(30,31)28(33-24(25,26)27)19-11-9-18(10-12-19)17-7-5-4-6-8-17/h4-16H,1-3H3. The number of alkyl halides is 3. The molecule has 0 saturated heterocycles. The van der Waals surface area contributed by atoms with Gasteiger partial charge in [-0.3, -0.25) is 0 Å². The fourth-order valence-electron chi connectivity index (χ4n) is 3.32. The molecular formula is C24H22F3NO5S. The molecule has 3 aromatic rings. The third kappa shape index (κ3) is 5.57. The van der Waals surface area contributed by atoms with E-state index in [9.17, 15) is 26.4 Å². The predicted octanol–water partition coefficient (Wildman–Crippen LogP) is 5.91. The van der Waals surface area contributed by atoms with Crippen LogP contribution < -0.4 is 4.47 Å². The summed E-state index contributed by atoms with van der Waals surface area (Å²) in [5.41, 5.74) is 1.52. The number of nitrogens with zero attached hydrogens (tertiary/aromatic N) is 1. The first kappa shape index (κ1) is 25.3. The summed E-state index contributed by atoms with van der Waals surface area (Å²) in [6, 6.07) is 17.9. The van der Waals surface area contributed by atoms with Gasteiger partial charge in [-0.1, -0.05) is 62.4 Å². The summed E-state index contributed by atoms with van der Waals surface area (Å²) in [6.07, 6.45) is -5.30. The topological polar surface area (TPSA) is 72.9 Å². The van der Waals surface area contributed by atoms with Crippen molar-refractivity contribution in [2.24, 2.45) is 0 Å². The van der Waals surface area contributed by atoms with E-state index in [1.165, 1.54) is 30.3 Å². The number of carbonyl (C=O) groups is 1. The van der Waals surface area contributed by atoms with Crippen LogP contribution in [-0.4, -0.2) is 27.9 Å². The van der Waals surface area contributed by atoms with Gasteiger partial charge in [-0.25, -0.2) is 4.79 Å². The molecule has 0 aliphatic heterocycles. The van der Waals surface area contributed by atoms with Crippen LogP contribution in [0.3, 0.4) is 0 Å². The molecule has 0 spiro atoms. The van der Waals surface area contributed by atoms with Crippen molar-refractivity contribution in [3.8, 4) is 11.1 Å². The van der Waals surface area contributed by atoms with Gasteiger partial charge in [-0.2, -0.15) is 13.3 Å². The van der Waals surface area contributed by atoms with Crippen molar-refractivity contribution in [2.75, 3.05) is 11.6 Å². The first-order chi connectivity index (χ1) is 15.9. The maximum atomic E-state index is 13.3. The van der Waals surface area contributed by atoms with Crippen molar-refractivity contribution < 1.29 is 36.0 Å². The van der Waals surface area contributed by atoms with Gasteiger partial charge < -0.3 is 4.74 Å². The van der Waals surface area contributed by atoms with E-state index in [-0.39, 0.29) is 21.6 Å². The highest BCUT2D eigenvalue weighted by atomic mass is 32.2. The molecule has 0 amide bonds. The quantitative estimate of drug-likeness (QED) is 0.302. The van der Waals surface area contributed by atoms with Gasteiger partial charge in [0.2, 0.25) is 0 Å². The summed E-state index contributed by atoms with van der Waals surface area (Å²) in [6.45, 7) is 3.56. The fraction of sp³-hybridized carbons (Fsp3) is 0.208. The Labute approximate surface area is 195 Å². The summed E-state index contributed by atoms with van der Waals surface area (Å²) < 4.78 is 70.7. The Morgan fingerprint density at radius 1 is 0.912 bits per heavy atom. The van der Waals surface area contributed by atoms with E-state index in [2.05, 4.69) is 4.84 Å². The lowest BCUT2D eigenvalue weighted by atomic mass is 9.97. The number of ether oxygens (including phenoxy) is 1. The Balaban J connectivity index is 2.09. The molecule has 3 aromatic carbocycles. The van der Waals surface area contributed by atoms with E-state index in [4.69, 9.17) is 4.74 Å². The average Bonchev–Trinajstić information content (AvgIpc) is 2.81. The molecule has 0 radical (unpaired) electrons. The molecule has 0 aliphatic carbocycles. The second-order valence-corrected chi connectivity index (χ2v) is 9.33. The van der Waals surface area contributed by atoms with Crippen LogP contribution in [0.15, 0.2) is 77.7 Å². The highest BCUT2D eigenvalue weighted by Gasteiger charge is 2.40. The minimum atomic E-state index is -5.30. The molecule has 6 nitrogen and oxygen atoms in total. The van der Waals surface area contributed by atoms with Crippen LogP contribution in [0.4, 0.5) is 18.9 Å². The van der Waals surface area contributed by atoms with E-state index in [0.29, 0.717) is 11.1 Å². The van der Waals surface area contributed by atoms with Gasteiger partial charge in [0.1, 0.15) is 0 Å². The smallest absolute Gasteiger partial charge is 0.465 e. The van der Waals surface area contributed by atoms with Crippen molar-refractivity contribution in [3.63, 3.8) is 0 Å². The van der Waals surface area contributed by atoms with Crippen LogP contribution in [0, 0.1) is 0 Å². The Bertz CT molecular complexity index is 1260. The third-order valence-corrected chi connectivity index (χ3v) is 6.51. The van der Waals surface area contributed by atoms with Gasteiger partial charge in [0.25, 0.3) is 10.0 Å². The largest absolute Gasteiger partial charge is 0.544 e. The van der Waals surface area contributed by atoms with Crippen molar-refractivity contribution in [3.05, 3.63) is 83.9 Å². The molecule has 0 heterocycles. The van der Waals surface area contributed by atoms with Gasteiger partial charge >= 0.3 is 12.3 Å². The van der Waals surface area contributed by atoms with Gasteiger partial charge in [-0.05, 0) is 46.9 Å². The maximum Gasteiger partial charge on any atom is 0.544 e. The van der Waals surface area contributed by atoms with Gasteiger partial charge in [-0.15, -0.1) is 17.6 Å². The summed E-state index contributed by atoms with van der Waals surface area (Å²) in [4.78, 5) is 15.6. The first-order valence-corrected chi connectivity index (χ1v) is 11.6. The Morgan fingerprint density at radius 2 is 1.50 bits per heavy atom. The Kier molecular flexibility index (Phi) is 7.32. The zero-order valence-corrected chi connectivity index (χ0v) is 19.4. The Hall–Kier alpha value is -3.37. The molecule has 3 rings (SSSR count). The lowest BCUT2D eigenvalue weighted by molar-refractivity contribution is -0.322. The minimum absolute atomic E-state index is 0.0649. The molecule has 0 N–H and O–H groups in total. The second-order valence-electron chi connectivity index (χ2n) is 7.58.